The summed E-state index contributed by atoms with van der Waals surface area (Å²) in [5, 5.41) is 8.60. The van der Waals surface area contributed by atoms with Gasteiger partial charge in [-0.25, -0.2) is 0 Å². The highest BCUT2D eigenvalue weighted by molar-refractivity contribution is 6.40. The minimum absolute atomic E-state index is 0.0840. The Kier molecular flexibility index (Phi) is 3.30. The van der Waals surface area contributed by atoms with Crippen molar-refractivity contribution in [3.8, 4) is 5.75 Å². The minimum Gasteiger partial charge on any atom is -0.485 e. The van der Waals surface area contributed by atoms with Gasteiger partial charge in [0.25, 0.3) is 0 Å². The molecule has 0 radical (unpaired) electrons. The van der Waals surface area contributed by atoms with Crippen molar-refractivity contribution in [1.82, 2.24) is 0 Å². The van der Waals surface area contributed by atoms with Gasteiger partial charge in [-0.05, 0) is 55.0 Å². The number of nitrogens with two attached hydrogens (primary N) is 1. The molecule has 0 aliphatic heterocycles. The smallest absolute Gasteiger partial charge is 0.213 e. The summed E-state index contributed by atoms with van der Waals surface area (Å²) >= 11 is 5.77. The Balaban J connectivity index is 1.50. The van der Waals surface area contributed by atoms with Gasteiger partial charge in [-0.1, -0.05) is 11.6 Å². The molecule has 4 nitrogen and oxygen atoms in total. The van der Waals surface area contributed by atoms with Crippen LogP contribution in [0.4, 0.5) is 0 Å². The first-order chi connectivity index (χ1) is 9.55. The lowest BCUT2D eigenvalue weighted by Crippen LogP contribution is -2.40. The predicted octanol–water partition coefficient (Wildman–Crippen LogP) is 2.29. The Morgan fingerprint density at radius 1 is 1.40 bits per heavy atom. The van der Waals surface area contributed by atoms with Gasteiger partial charge in [0.15, 0.2) is 6.61 Å². The predicted molar refractivity (Wildman–Crippen MR) is 77.4 cm³/mol. The van der Waals surface area contributed by atoms with Crippen molar-refractivity contribution >= 4 is 23.1 Å². The number of nitrogens with one attached hydrogen (secondary N) is 1. The summed E-state index contributed by atoms with van der Waals surface area (Å²) in [5.74, 6) is 0.911. The van der Waals surface area contributed by atoms with Gasteiger partial charge in [-0.15, -0.1) is 0 Å². The first-order valence-corrected chi connectivity index (χ1v) is 7.13. The molecule has 3 rings (SSSR count). The molecule has 2 saturated carbocycles. The van der Waals surface area contributed by atoms with Gasteiger partial charge in [0.05, 0.1) is 5.71 Å². The summed E-state index contributed by atoms with van der Waals surface area (Å²) in [4.78, 5) is 12.0. The topological polar surface area (TPSA) is 76.2 Å². The van der Waals surface area contributed by atoms with Crippen molar-refractivity contribution in [2.45, 2.75) is 12.8 Å². The lowest BCUT2D eigenvalue weighted by atomic mass is 9.71. The standard InChI is InChI=1S/C15H17ClN2O2/c16-9-1-3-10(4-2-9)20-7-13(19)14(18)11-5-15(8-17)6-12(11)15/h1-4,11-12,18H,5-8,17H2. The SMILES string of the molecule is N=C(C(=O)COc1ccc(Cl)cc1)C1CC2(CN)CC12. The van der Waals surface area contributed by atoms with Crippen molar-refractivity contribution in [1.29, 1.82) is 5.41 Å². The van der Waals surface area contributed by atoms with Crippen molar-refractivity contribution in [3.63, 3.8) is 0 Å². The largest absolute Gasteiger partial charge is 0.485 e. The number of carbonyl (C=O) groups is 1. The summed E-state index contributed by atoms with van der Waals surface area (Å²) in [7, 11) is 0. The summed E-state index contributed by atoms with van der Waals surface area (Å²) < 4.78 is 5.39. The van der Waals surface area contributed by atoms with Crippen LogP contribution in [-0.2, 0) is 4.79 Å². The van der Waals surface area contributed by atoms with E-state index in [4.69, 9.17) is 27.5 Å². The van der Waals surface area contributed by atoms with Crippen LogP contribution in [0.5, 0.6) is 5.75 Å². The third kappa shape index (κ3) is 2.23. The maximum atomic E-state index is 12.0. The summed E-state index contributed by atoms with van der Waals surface area (Å²) in [6.07, 6.45) is 1.96. The number of hydrogen-bond donors (Lipinski definition) is 2. The van der Waals surface area contributed by atoms with Crippen LogP contribution in [0.15, 0.2) is 24.3 Å². The van der Waals surface area contributed by atoms with Gasteiger partial charge in [-0.3, -0.25) is 4.79 Å². The number of fused-ring (bicyclic) bond motifs is 1. The molecule has 0 spiro atoms. The maximum Gasteiger partial charge on any atom is 0.213 e. The van der Waals surface area contributed by atoms with Gasteiger partial charge < -0.3 is 15.9 Å². The van der Waals surface area contributed by atoms with E-state index >= 15 is 0 Å². The highest BCUT2D eigenvalue weighted by atomic mass is 35.5. The molecule has 2 aliphatic rings. The van der Waals surface area contributed by atoms with Crippen LogP contribution in [0.1, 0.15) is 12.8 Å². The first-order valence-electron chi connectivity index (χ1n) is 6.76. The van der Waals surface area contributed by atoms with Crippen LogP contribution in [0.25, 0.3) is 0 Å². The molecule has 3 N–H and O–H groups in total. The van der Waals surface area contributed by atoms with Crippen LogP contribution in [0.3, 0.4) is 0 Å². The molecule has 2 aliphatic carbocycles. The second-order valence-corrected chi connectivity index (χ2v) is 6.20. The Labute approximate surface area is 122 Å². The molecule has 0 heterocycles. The van der Waals surface area contributed by atoms with Gasteiger partial charge in [0, 0.05) is 10.9 Å². The van der Waals surface area contributed by atoms with Crippen LogP contribution >= 0.6 is 11.6 Å². The molecule has 0 aromatic heterocycles. The average Bonchev–Trinajstić information content (AvgIpc) is 3.03. The third-order valence-corrected chi connectivity index (χ3v) is 4.88. The van der Waals surface area contributed by atoms with E-state index in [1.165, 1.54) is 0 Å². The zero-order valence-corrected chi connectivity index (χ0v) is 11.8. The van der Waals surface area contributed by atoms with Crippen molar-refractivity contribution in [2.75, 3.05) is 13.2 Å². The van der Waals surface area contributed by atoms with E-state index in [2.05, 4.69) is 0 Å². The van der Waals surface area contributed by atoms with Crippen LogP contribution in [-0.4, -0.2) is 24.6 Å². The molecular weight excluding hydrogens is 276 g/mol. The van der Waals surface area contributed by atoms with E-state index in [9.17, 15) is 4.79 Å². The molecule has 106 valence electrons. The number of ether oxygens (including phenoxy) is 1. The molecule has 20 heavy (non-hydrogen) atoms. The second-order valence-electron chi connectivity index (χ2n) is 5.77. The van der Waals surface area contributed by atoms with Crippen molar-refractivity contribution in [3.05, 3.63) is 29.3 Å². The Morgan fingerprint density at radius 2 is 2.10 bits per heavy atom. The Bertz CT molecular complexity index is 557. The van der Waals surface area contributed by atoms with E-state index < -0.39 is 0 Å². The van der Waals surface area contributed by atoms with Crippen molar-refractivity contribution < 1.29 is 9.53 Å². The number of carbonyl (C=O) groups excluding carboxylic acids is 1. The highest BCUT2D eigenvalue weighted by Crippen LogP contribution is 2.70. The summed E-state index contributed by atoms with van der Waals surface area (Å²) in [5.41, 5.74) is 6.16. The minimum atomic E-state index is -0.234. The number of benzene rings is 1. The van der Waals surface area contributed by atoms with Crippen LogP contribution < -0.4 is 10.5 Å². The van der Waals surface area contributed by atoms with Crippen LogP contribution in [0, 0.1) is 22.7 Å². The monoisotopic (exact) mass is 292 g/mol. The summed E-state index contributed by atoms with van der Waals surface area (Å²) in [6.45, 7) is 0.593. The number of hydrogen-bond acceptors (Lipinski definition) is 4. The molecule has 0 bridgehead atoms. The van der Waals surface area contributed by atoms with E-state index in [0.29, 0.717) is 23.2 Å². The number of ketones is 1. The second kappa shape index (κ2) is 4.86. The zero-order valence-electron chi connectivity index (χ0n) is 11.1. The fraction of sp³-hybridized carbons (Fsp3) is 0.467. The van der Waals surface area contributed by atoms with Gasteiger partial charge in [0.1, 0.15) is 5.75 Å². The Hall–Kier alpha value is -1.39. The highest BCUT2D eigenvalue weighted by Gasteiger charge is 2.67. The Morgan fingerprint density at radius 3 is 2.65 bits per heavy atom. The lowest BCUT2D eigenvalue weighted by Gasteiger charge is -2.33. The van der Waals surface area contributed by atoms with E-state index in [1.807, 2.05) is 0 Å². The molecule has 3 unspecified atom stereocenters. The normalized spacial score (nSPS) is 30.1. The molecule has 2 fully saturated rings. The lowest BCUT2D eigenvalue weighted by molar-refractivity contribution is -0.115. The maximum absolute atomic E-state index is 12.0. The van der Waals surface area contributed by atoms with Gasteiger partial charge >= 0.3 is 0 Å². The molecular formula is C15H17ClN2O2. The van der Waals surface area contributed by atoms with Gasteiger partial charge in [0.2, 0.25) is 5.78 Å². The van der Waals surface area contributed by atoms with E-state index in [-0.39, 0.29) is 29.4 Å². The average molecular weight is 293 g/mol. The summed E-state index contributed by atoms with van der Waals surface area (Å²) in [6, 6.07) is 6.84. The zero-order chi connectivity index (χ0) is 14.3. The fourth-order valence-electron chi connectivity index (χ4n) is 3.19. The van der Waals surface area contributed by atoms with Gasteiger partial charge in [-0.2, -0.15) is 0 Å². The molecule has 0 amide bonds. The quantitative estimate of drug-likeness (QED) is 0.790. The number of rotatable bonds is 6. The van der Waals surface area contributed by atoms with Crippen molar-refractivity contribution in [2.24, 2.45) is 23.0 Å². The van der Waals surface area contributed by atoms with Crippen LogP contribution in [0.2, 0.25) is 5.02 Å². The first kappa shape index (κ1) is 13.6. The molecule has 0 saturated heterocycles. The van der Waals surface area contributed by atoms with E-state index in [1.54, 1.807) is 24.3 Å². The molecule has 1 aromatic carbocycles. The fourth-order valence-corrected chi connectivity index (χ4v) is 3.31. The third-order valence-electron chi connectivity index (χ3n) is 4.63. The molecule has 1 aromatic rings. The van der Waals surface area contributed by atoms with E-state index in [0.717, 1.165) is 12.8 Å². The molecule has 3 atom stereocenters. The number of halogens is 1. The molecule has 5 heteroatoms. The number of Topliss-reactive ketones (excluding diaryl/α,β-unsaturated/α-hetero) is 1.